The van der Waals surface area contributed by atoms with Crippen LogP contribution in [-0.2, 0) is 23.8 Å². The predicted octanol–water partition coefficient (Wildman–Crippen LogP) is 3.51. The quantitative estimate of drug-likeness (QED) is 0.493. The molecule has 1 N–H and O–H groups in total. The minimum atomic E-state index is -0.727. The minimum absolute atomic E-state index is 0.0216. The van der Waals surface area contributed by atoms with Crippen LogP contribution in [0.25, 0.3) is 0 Å². The lowest BCUT2D eigenvalue weighted by Gasteiger charge is -2.58. The normalized spacial score (nSPS) is 57.6. The number of cyclic esters (lactones) is 1. The number of hydrogen-bond donors (Lipinski definition) is 1. The third-order valence-electron chi connectivity index (χ3n) is 12.1. The minimum Gasteiger partial charge on any atom is -0.458 e. The topological polar surface area (TPSA) is 88.7 Å². The van der Waals surface area contributed by atoms with Crippen molar-refractivity contribution in [2.75, 3.05) is 0 Å². The van der Waals surface area contributed by atoms with Gasteiger partial charge >= 0.3 is 5.97 Å². The number of allylic oxidation sites excluding steroid dienone is 1. The number of ketones is 1. The van der Waals surface area contributed by atoms with E-state index in [0.29, 0.717) is 11.8 Å². The van der Waals surface area contributed by atoms with Gasteiger partial charge in [0.25, 0.3) is 0 Å². The van der Waals surface area contributed by atoms with Crippen molar-refractivity contribution >= 4 is 11.8 Å². The molecule has 1 spiro atoms. The molecule has 6 nitrogen and oxygen atoms in total. The fourth-order valence-electron chi connectivity index (χ4n) is 9.96. The largest absolute Gasteiger partial charge is 0.458 e. The van der Waals surface area contributed by atoms with Crippen molar-refractivity contribution in [3.05, 3.63) is 23.3 Å². The lowest BCUT2D eigenvalue weighted by Crippen LogP contribution is -2.64. The molecular formula is C28H36O6. The van der Waals surface area contributed by atoms with Gasteiger partial charge in [-0.2, -0.15) is 0 Å². The second-order valence-electron chi connectivity index (χ2n) is 12.8. The first-order chi connectivity index (χ1) is 16.0. The lowest BCUT2D eigenvalue weighted by molar-refractivity contribution is -0.162. The van der Waals surface area contributed by atoms with Crippen LogP contribution in [-0.4, -0.2) is 52.5 Å². The summed E-state index contributed by atoms with van der Waals surface area (Å²) in [7, 11) is 0. The van der Waals surface area contributed by atoms with Crippen LogP contribution < -0.4 is 0 Å². The highest BCUT2D eigenvalue weighted by atomic mass is 16.6. The summed E-state index contributed by atoms with van der Waals surface area (Å²) in [4.78, 5) is 25.8. The Labute approximate surface area is 201 Å². The van der Waals surface area contributed by atoms with Crippen LogP contribution in [0.3, 0.4) is 0 Å². The molecule has 7 aliphatic rings. The Kier molecular flexibility index (Phi) is 4.00. The summed E-state index contributed by atoms with van der Waals surface area (Å²) in [5.74, 6) is 1.08. The molecule has 3 saturated carbocycles. The Morgan fingerprint density at radius 1 is 1.09 bits per heavy atom. The van der Waals surface area contributed by atoms with Crippen LogP contribution in [0.2, 0.25) is 0 Å². The number of esters is 1. The van der Waals surface area contributed by atoms with E-state index in [2.05, 4.69) is 20.8 Å². The molecule has 0 aromatic rings. The molecule has 0 amide bonds. The second kappa shape index (κ2) is 6.24. The molecule has 3 heterocycles. The summed E-state index contributed by atoms with van der Waals surface area (Å²) < 4.78 is 18.7. The van der Waals surface area contributed by atoms with E-state index >= 15 is 0 Å². The third kappa shape index (κ3) is 2.13. The van der Waals surface area contributed by atoms with Gasteiger partial charge in [-0.25, -0.2) is 4.79 Å². The van der Waals surface area contributed by atoms with Crippen molar-refractivity contribution in [3.8, 4) is 0 Å². The second-order valence-corrected chi connectivity index (χ2v) is 12.8. The summed E-state index contributed by atoms with van der Waals surface area (Å²) in [6.07, 6.45) is 7.12. The molecule has 4 aliphatic carbocycles. The monoisotopic (exact) mass is 468 g/mol. The number of aliphatic hydroxyl groups excluding tert-OH is 1. The molecule has 2 saturated heterocycles. The Bertz CT molecular complexity index is 1080. The van der Waals surface area contributed by atoms with Crippen LogP contribution in [0.4, 0.5) is 0 Å². The highest BCUT2D eigenvalue weighted by Crippen LogP contribution is 2.78. The molecule has 0 bridgehead atoms. The van der Waals surface area contributed by atoms with E-state index < -0.39 is 17.1 Å². The van der Waals surface area contributed by atoms with Gasteiger partial charge in [-0.3, -0.25) is 4.79 Å². The molecule has 12 unspecified atom stereocenters. The Hall–Kier alpha value is -1.50. The maximum absolute atomic E-state index is 13.3. The van der Waals surface area contributed by atoms with Gasteiger partial charge in [-0.05, 0) is 76.4 Å². The number of fused-ring (bicyclic) bond motifs is 6. The van der Waals surface area contributed by atoms with E-state index in [4.69, 9.17) is 14.2 Å². The van der Waals surface area contributed by atoms with Gasteiger partial charge in [0.1, 0.15) is 23.4 Å². The fraction of sp³-hybridized carbons (Fsp3) is 0.786. The predicted molar refractivity (Wildman–Crippen MR) is 123 cm³/mol. The van der Waals surface area contributed by atoms with Crippen LogP contribution >= 0.6 is 0 Å². The van der Waals surface area contributed by atoms with Crippen molar-refractivity contribution in [1.29, 1.82) is 0 Å². The fourth-order valence-corrected chi connectivity index (χ4v) is 9.96. The number of rotatable bonds is 2. The molecule has 3 aliphatic heterocycles. The molecule has 0 aromatic heterocycles. The maximum atomic E-state index is 13.3. The molecule has 12 atom stereocenters. The van der Waals surface area contributed by atoms with Gasteiger partial charge in [0, 0.05) is 23.3 Å². The SMILES string of the molecule is CC1=C(C)C(=O)OC(C(C)C23OC2CC2C4CC5OC56C(O)C=CC(=O)C6(C)C4CCC23C)C1. The Morgan fingerprint density at radius 3 is 2.59 bits per heavy atom. The Morgan fingerprint density at radius 2 is 1.85 bits per heavy atom. The summed E-state index contributed by atoms with van der Waals surface area (Å²) in [5, 5.41) is 10.9. The van der Waals surface area contributed by atoms with Gasteiger partial charge in [-0.15, -0.1) is 0 Å². The van der Waals surface area contributed by atoms with Crippen molar-refractivity contribution in [3.63, 3.8) is 0 Å². The van der Waals surface area contributed by atoms with E-state index in [-0.39, 0.29) is 52.9 Å². The smallest absolute Gasteiger partial charge is 0.333 e. The first-order valence-electron chi connectivity index (χ1n) is 13.2. The first kappa shape index (κ1) is 21.8. The number of hydrogen-bond acceptors (Lipinski definition) is 6. The van der Waals surface area contributed by atoms with Gasteiger partial charge < -0.3 is 19.3 Å². The van der Waals surface area contributed by atoms with Gasteiger partial charge in [0.15, 0.2) is 5.78 Å². The summed E-state index contributed by atoms with van der Waals surface area (Å²) in [6, 6.07) is 0. The van der Waals surface area contributed by atoms with E-state index in [1.54, 1.807) is 12.2 Å². The van der Waals surface area contributed by atoms with Crippen molar-refractivity contribution < 1.29 is 28.9 Å². The molecular weight excluding hydrogens is 432 g/mol. The molecule has 0 radical (unpaired) electrons. The van der Waals surface area contributed by atoms with Crippen LogP contribution in [0.15, 0.2) is 23.3 Å². The van der Waals surface area contributed by atoms with Gasteiger partial charge in [0.05, 0.1) is 17.6 Å². The third-order valence-corrected chi connectivity index (χ3v) is 12.1. The molecule has 0 aromatic carbocycles. The average molecular weight is 469 g/mol. The van der Waals surface area contributed by atoms with Gasteiger partial charge in [0.2, 0.25) is 0 Å². The number of aliphatic hydroxyl groups is 1. The van der Waals surface area contributed by atoms with E-state index in [1.165, 1.54) is 0 Å². The number of ether oxygens (including phenoxy) is 3. The number of epoxide rings is 2. The maximum Gasteiger partial charge on any atom is 0.333 e. The van der Waals surface area contributed by atoms with Gasteiger partial charge in [-0.1, -0.05) is 19.4 Å². The zero-order chi connectivity index (χ0) is 24.0. The van der Waals surface area contributed by atoms with E-state index in [1.807, 2.05) is 13.8 Å². The molecule has 184 valence electrons. The Balaban J connectivity index is 1.22. The molecule has 34 heavy (non-hydrogen) atoms. The standard InChI is InChI=1S/C28H36O6/c1-13-10-19(32-24(31)14(13)2)15(3)27-23(33-27)12-18-16-11-22-28(34-22)21(30)7-6-20(29)26(28,5)17(16)8-9-25(18,27)4/h6-7,15-19,21-23,30H,8-12H2,1-5H3. The lowest BCUT2D eigenvalue weighted by atomic mass is 9.44. The van der Waals surface area contributed by atoms with Crippen molar-refractivity contribution in [1.82, 2.24) is 0 Å². The summed E-state index contributed by atoms with van der Waals surface area (Å²) >= 11 is 0. The summed E-state index contributed by atoms with van der Waals surface area (Å²) in [5.41, 5.74) is 0.174. The van der Waals surface area contributed by atoms with Crippen molar-refractivity contribution in [2.24, 2.45) is 34.5 Å². The molecule has 6 heteroatoms. The highest BCUT2D eigenvalue weighted by Gasteiger charge is 2.84. The molecule has 5 fully saturated rings. The first-order valence-corrected chi connectivity index (χ1v) is 13.2. The van der Waals surface area contributed by atoms with E-state index in [0.717, 1.165) is 43.3 Å². The zero-order valence-electron chi connectivity index (χ0n) is 20.8. The van der Waals surface area contributed by atoms with Crippen LogP contribution in [0.1, 0.15) is 66.7 Å². The molecule has 7 rings (SSSR count). The van der Waals surface area contributed by atoms with Crippen LogP contribution in [0.5, 0.6) is 0 Å². The number of carbonyl (C=O) groups is 2. The summed E-state index contributed by atoms with van der Waals surface area (Å²) in [6.45, 7) is 10.6. The van der Waals surface area contributed by atoms with E-state index in [9.17, 15) is 14.7 Å². The number of carbonyl (C=O) groups excluding carboxylic acids is 2. The highest BCUT2D eigenvalue weighted by molar-refractivity contribution is 5.98. The van der Waals surface area contributed by atoms with Crippen LogP contribution in [0, 0.1) is 34.5 Å². The average Bonchev–Trinajstić information content (AvgIpc) is 3.69. The zero-order valence-corrected chi connectivity index (χ0v) is 20.8. The van der Waals surface area contributed by atoms with Crippen molar-refractivity contribution in [2.45, 2.75) is 102 Å².